The molecule has 0 amide bonds. The quantitative estimate of drug-likeness (QED) is 0.653. The molecule has 3 fully saturated rings. The van der Waals surface area contributed by atoms with E-state index in [1.54, 1.807) is 5.57 Å². The van der Waals surface area contributed by atoms with Crippen molar-refractivity contribution in [1.29, 1.82) is 0 Å². The first-order valence-corrected chi connectivity index (χ1v) is 9.20. The summed E-state index contributed by atoms with van der Waals surface area (Å²) in [7, 11) is 0. The summed E-state index contributed by atoms with van der Waals surface area (Å²) in [6.45, 7) is 2.52. The van der Waals surface area contributed by atoms with Crippen LogP contribution in [0.3, 0.4) is 0 Å². The Hall–Kier alpha value is -0.380. The van der Waals surface area contributed by atoms with Crippen LogP contribution in [-0.2, 0) is 0 Å². The fourth-order valence-corrected chi connectivity index (χ4v) is 6.55. The number of hydrogen-bond acceptors (Lipinski definition) is 3. The Morgan fingerprint density at radius 2 is 1.86 bits per heavy atom. The monoisotopic (exact) mass is 306 g/mol. The van der Waals surface area contributed by atoms with E-state index in [1.165, 1.54) is 5.57 Å². The average Bonchev–Trinajstić information content (AvgIpc) is 2.82. The van der Waals surface area contributed by atoms with Crippen LogP contribution in [-0.4, -0.2) is 34.1 Å². The second-order valence-corrected chi connectivity index (χ2v) is 8.62. The van der Waals surface area contributed by atoms with Crippen molar-refractivity contribution in [1.82, 2.24) is 0 Å². The lowest BCUT2D eigenvalue weighted by Crippen LogP contribution is -2.52. The zero-order valence-electron chi connectivity index (χ0n) is 13.7. The van der Waals surface area contributed by atoms with Crippen LogP contribution in [0.25, 0.3) is 0 Å². The van der Waals surface area contributed by atoms with Crippen molar-refractivity contribution in [2.45, 2.75) is 76.9 Å². The molecule has 0 spiro atoms. The predicted octanol–water partition coefficient (Wildman–Crippen LogP) is 2.79. The van der Waals surface area contributed by atoms with Crippen LogP contribution in [0, 0.1) is 22.7 Å². The Labute approximate surface area is 133 Å². The van der Waals surface area contributed by atoms with Crippen molar-refractivity contribution in [3.8, 4) is 0 Å². The first-order chi connectivity index (χ1) is 10.5. The summed E-state index contributed by atoms with van der Waals surface area (Å²) < 4.78 is 0. The third-order valence-corrected chi connectivity index (χ3v) is 7.92. The molecule has 22 heavy (non-hydrogen) atoms. The van der Waals surface area contributed by atoms with Gasteiger partial charge in [0.25, 0.3) is 0 Å². The highest BCUT2D eigenvalue weighted by Crippen LogP contribution is 2.63. The van der Waals surface area contributed by atoms with Crippen LogP contribution in [0.5, 0.6) is 0 Å². The van der Waals surface area contributed by atoms with Gasteiger partial charge in [-0.25, -0.2) is 0 Å². The Balaban J connectivity index is 1.75. The van der Waals surface area contributed by atoms with Crippen LogP contribution >= 0.6 is 0 Å². The lowest BCUT2D eigenvalue weighted by molar-refractivity contribution is -0.0818. The van der Waals surface area contributed by atoms with Gasteiger partial charge in [0, 0.05) is 17.4 Å². The molecule has 0 saturated heterocycles. The number of hydrogen-bond donors (Lipinski definition) is 3. The molecule has 124 valence electrons. The lowest BCUT2D eigenvalue weighted by Gasteiger charge is -2.57. The molecule has 6 atom stereocenters. The molecule has 4 aliphatic carbocycles. The van der Waals surface area contributed by atoms with Crippen molar-refractivity contribution >= 4 is 0 Å². The molecule has 0 aromatic rings. The predicted molar refractivity (Wildman–Crippen MR) is 85.2 cm³/mol. The zero-order chi connectivity index (χ0) is 15.5. The third-order valence-electron chi connectivity index (χ3n) is 7.92. The Morgan fingerprint density at radius 3 is 2.64 bits per heavy atom. The molecule has 3 heteroatoms. The molecule has 0 bridgehead atoms. The summed E-state index contributed by atoms with van der Waals surface area (Å²) in [4.78, 5) is 0. The molecule has 3 N–H and O–H groups in total. The molecular formula is C19H30O3. The van der Waals surface area contributed by atoms with Gasteiger partial charge in [0.2, 0.25) is 0 Å². The van der Waals surface area contributed by atoms with Gasteiger partial charge in [-0.2, -0.15) is 0 Å². The summed E-state index contributed by atoms with van der Waals surface area (Å²) in [5.74, 6) is 0.975. The van der Waals surface area contributed by atoms with E-state index < -0.39 is 0 Å². The van der Waals surface area contributed by atoms with Gasteiger partial charge in [0.1, 0.15) is 0 Å². The summed E-state index contributed by atoms with van der Waals surface area (Å²) in [5.41, 5.74) is 3.14. The average molecular weight is 306 g/mol. The fourth-order valence-electron chi connectivity index (χ4n) is 6.55. The maximum Gasteiger partial charge on any atom is 0.0634 e. The molecule has 3 nitrogen and oxygen atoms in total. The maximum atomic E-state index is 10.4. The number of rotatable bonds is 1. The molecule has 4 rings (SSSR count). The van der Waals surface area contributed by atoms with Crippen LogP contribution in [0.1, 0.15) is 64.7 Å². The topological polar surface area (TPSA) is 60.7 Å². The molecule has 0 aromatic heterocycles. The van der Waals surface area contributed by atoms with Gasteiger partial charge in [-0.1, -0.05) is 18.1 Å². The zero-order valence-corrected chi connectivity index (χ0v) is 13.7. The molecule has 3 saturated carbocycles. The van der Waals surface area contributed by atoms with Gasteiger partial charge in [0.05, 0.1) is 12.2 Å². The smallest absolute Gasteiger partial charge is 0.0634 e. The van der Waals surface area contributed by atoms with Crippen LogP contribution in [0.4, 0.5) is 0 Å². The molecule has 0 heterocycles. The SMILES string of the molecule is C[C@]12CC[C@H]3C(=C1CC[C@@H]2O)CC[C@H]1C[C@@H](O)CC[C@@]13CO. The normalized spacial score (nSPS) is 51.3. The highest BCUT2D eigenvalue weighted by molar-refractivity contribution is 5.35. The number of fused-ring (bicyclic) bond motifs is 4. The number of aliphatic hydroxyl groups is 3. The maximum absolute atomic E-state index is 10.4. The Kier molecular flexibility index (Phi) is 3.49. The summed E-state index contributed by atoms with van der Waals surface area (Å²) in [5, 5.41) is 30.8. The van der Waals surface area contributed by atoms with Crippen molar-refractivity contribution < 1.29 is 15.3 Å². The minimum Gasteiger partial charge on any atom is -0.396 e. The highest BCUT2D eigenvalue weighted by atomic mass is 16.3. The largest absolute Gasteiger partial charge is 0.396 e. The number of aliphatic hydroxyl groups excluding tert-OH is 3. The first-order valence-electron chi connectivity index (χ1n) is 9.20. The van der Waals surface area contributed by atoms with Crippen molar-refractivity contribution in [3.63, 3.8) is 0 Å². The van der Waals surface area contributed by atoms with Crippen LogP contribution in [0.2, 0.25) is 0 Å². The lowest BCUT2D eigenvalue weighted by atomic mass is 9.49. The van der Waals surface area contributed by atoms with Crippen molar-refractivity contribution in [2.24, 2.45) is 22.7 Å². The summed E-state index contributed by atoms with van der Waals surface area (Å²) in [6, 6.07) is 0. The standard InChI is InChI=1S/C19H30O3/c1-18-8-7-16-14(15(18)4-5-17(18)22)3-2-12-10-13(21)6-9-19(12,16)11-20/h12-13,16-17,20-22H,2-11H2,1H3/t12-,13-,16-,17-,18-,19+/m0/s1. The Bertz CT molecular complexity index is 499. The minimum atomic E-state index is -0.174. The highest BCUT2D eigenvalue weighted by Gasteiger charge is 2.56. The van der Waals surface area contributed by atoms with Crippen molar-refractivity contribution in [3.05, 3.63) is 11.1 Å². The van der Waals surface area contributed by atoms with Crippen LogP contribution in [0.15, 0.2) is 11.1 Å². The van der Waals surface area contributed by atoms with E-state index in [1.807, 2.05) is 0 Å². The van der Waals surface area contributed by atoms with E-state index in [0.717, 1.165) is 57.8 Å². The molecule has 0 radical (unpaired) electrons. The third kappa shape index (κ3) is 1.85. The van der Waals surface area contributed by atoms with Crippen molar-refractivity contribution in [2.75, 3.05) is 6.61 Å². The van der Waals surface area contributed by atoms with E-state index >= 15 is 0 Å². The minimum absolute atomic E-state index is 0.00347. The van der Waals surface area contributed by atoms with E-state index in [-0.39, 0.29) is 29.6 Å². The molecular weight excluding hydrogens is 276 g/mol. The van der Waals surface area contributed by atoms with E-state index in [2.05, 4.69) is 6.92 Å². The second kappa shape index (κ2) is 5.06. The van der Waals surface area contributed by atoms with Gasteiger partial charge in [-0.05, 0) is 69.6 Å². The van der Waals surface area contributed by atoms with Gasteiger partial charge < -0.3 is 15.3 Å². The Morgan fingerprint density at radius 1 is 1.05 bits per heavy atom. The second-order valence-electron chi connectivity index (χ2n) is 8.62. The summed E-state index contributed by atoms with van der Waals surface area (Å²) >= 11 is 0. The van der Waals surface area contributed by atoms with Gasteiger partial charge in [-0.3, -0.25) is 0 Å². The molecule has 4 aliphatic rings. The summed E-state index contributed by atoms with van der Waals surface area (Å²) in [6.07, 6.45) is 8.72. The molecule has 0 unspecified atom stereocenters. The molecule has 0 aliphatic heterocycles. The van der Waals surface area contributed by atoms with Crippen LogP contribution < -0.4 is 0 Å². The fraction of sp³-hybridized carbons (Fsp3) is 0.895. The van der Waals surface area contributed by atoms with E-state index in [9.17, 15) is 15.3 Å². The van der Waals surface area contributed by atoms with Gasteiger partial charge in [0.15, 0.2) is 0 Å². The van der Waals surface area contributed by atoms with Gasteiger partial charge >= 0.3 is 0 Å². The first kappa shape index (κ1) is 15.2. The van der Waals surface area contributed by atoms with E-state index in [4.69, 9.17) is 0 Å². The van der Waals surface area contributed by atoms with E-state index in [0.29, 0.717) is 11.8 Å². The van der Waals surface area contributed by atoms with Gasteiger partial charge in [-0.15, -0.1) is 0 Å². The molecule has 0 aromatic carbocycles. The number of allylic oxidation sites excluding steroid dienone is 1.